The van der Waals surface area contributed by atoms with Crippen molar-refractivity contribution in [2.45, 2.75) is 13.5 Å². The first-order valence-corrected chi connectivity index (χ1v) is 5.52. The summed E-state index contributed by atoms with van der Waals surface area (Å²) in [5.74, 6) is 1.03. The molecule has 3 rings (SSSR count). The molecule has 0 amide bonds. The molecule has 1 aliphatic heterocycles. The van der Waals surface area contributed by atoms with Gasteiger partial charge in [-0.2, -0.15) is 5.10 Å². The lowest BCUT2D eigenvalue weighted by atomic mass is 10.2. The standard InChI is InChI=1S/C12H14N4.2ClH/c1-9-2-3-11-10(6-9)7-15-16(11)8-12-13-4-5-14-12;;/h2-3,6-7H,4-5,8H2,1H3,(H,13,14);2*1H. The predicted molar refractivity (Wildman–Crippen MR) is 79.3 cm³/mol. The highest BCUT2D eigenvalue weighted by atomic mass is 35.5. The highest BCUT2D eigenvalue weighted by Gasteiger charge is 2.08. The van der Waals surface area contributed by atoms with Crippen LogP contribution < -0.4 is 5.32 Å². The van der Waals surface area contributed by atoms with Gasteiger partial charge in [-0.25, -0.2) is 0 Å². The highest BCUT2D eigenvalue weighted by molar-refractivity contribution is 5.86. The second kappa shape index (κ2) is 6.07. The second-order valence-electron chi connectivity index (χ2n) is 4.12. The van der Waals surface area contributed by atoms with Crippen LogP contribution in [0.2, 0.25) is 0 Å². The number of benzene rings is 1. The summed E-state index contributed by atoms with van der Waals surface area (Å²) in [6, 6.07) is 6.39. The van der Waals surface area contributed by atoms with Crippen molar-refractivity contribution in [3.63, 3.8) is 0 Å². The Kier molecular flexibility index (Phi) is 4.99. The van der Waals surface area contributed by atoms with Crippen LogP contribution in [-0.2, 0) is 6.54 Å². The molecule has 1 aliphatic rings. The lowest BCUT2D eigenvalue weighted by Gasteiger charge is -2.04. The van der Waals surface area contributed by atoms with Crippen LogP contribution in [0.5, 0.6) is 0 Å². The van der Waals surface area contributed by atoms with Crippen LogP contribution in [0.1, 0.15) is 5.56 Å². The summed E-state index contributed by atoms with van der Waals surface area (Å²) in [6.07, 6.45) is 1.91. The van der Waals surface area contributed by atoms with E-state index in [4.69, 9.17) is 0 Å². The number of aryl methyl sites for hydroxylation is 1. The van der Waals surface area contributed by atoms with Crippen molar-refractivity contribution in [1.29, 1.82) is 0 Å². The normalized spacial score (nSPS) is 13.5. The van der Waals surface area contributed by atoms with Crippen molar-refractivity contribution in [3.05, 3.63) is 30.0 Å². The van der Waals surface area contributed by atoms with E-state index in [9.17, 15) is 0 Å². The Morgan fingerprint density at radius 3 is 2.89 bits per heavy atom. The van der Waals surface area contributed by atoms with Gasteiger partial charge in [-0.15, -0.1) is 24.8 Å². The van der Waals surface area contributed by atoms with Crippen molar-refractivity contribution < 1.29 is 0 Å². The maximum Gasteiger partial charge on any atom is 0.118 e. The smallest absolute Gasteiger partial charge is 0.118 e. The third-order valence-corrected chi connectivity index (χ3v) is 2.84. The van der Waals surface area contributed by atoms with E-state index in [1.165, 1.54) is 16.5 Å². The Hall–Kier alpha value is -1.26. The Balaban J connectivity index is 0.000000810. The fourth-order valence-corrected chi connectivity index (χ4v) is 2.03. The van der Waals surface area contributed by atoms with Gasteiger partial charge in [-0.1, -0.05) is 11.6 Å². The van der Waals surface area contributed by atoms with Crippen LogP contribution in [0.4, 0.5) is 0 Å². The number of hydrogen-bond acceptors (Lipinski definition) is 3. The number of nitrogens with one attached hydrogen (secondary N) is 1. The SMILES string of the molecule is Cc1ccc2c(cnn2CC2=NCCN2)c1.Cl.Cl. The van der Waals surface area contributed by atoms with Crippen LogP contribution >= 0.6 is 24.8 Å². The van der Waals surface area contributed by atoms with Crippen molar-refractivity contribution in [2.24, 2.45) is 4.99 Å². The highest BCUT2D eigenvalue weighted by Crippen LogP contribution is 2.15. The zero-order valence-corrected chi connectivity index (χ0v) is 11.7. The van der Waals surface area contributed by atoms with E-state index >= 15 is 0 Å². The molecule has 2 heterocycles. The molecule has 6 heteroatoms. The van der Waals surface area contributed by atoms with Gasteiger partial charge in [0.25, 0.3) is 0 Å². The van der Waals surface area contributed by atoms with E-state index in [1.807, 2.05) is 10.9 Å². The largest absolute Gasteiger partial charge is 0.370 e. The maximum atomic E-state index is 4.40. The molecular weight excluding hydrogens is 271 g/mol. The number of aromatic nitrogens is 2. The first-order valence-electron chi connectivity index (χ1n) is 5.52. The molecule has 98 valence electrons. The van der Waals surface area contributed by atoms with Gasteiger partial charge in [0.15, 0.2) is 0 Å². The number of aliphatic imine (C=N–C) groups is 1. The van der Waals surface area contributed by atoms with Crippen molar-refractivity contribution in [3.8, 4) is 0 Å². The van der Waals surface area contributed by atoms with Crippen LogP contribution in [0.3, 0.4) is 0 Å². The monoisotopic (exact) mass is 286 g/mol. The van der Waals surface area contributed by atoms with Crippen LogP contribution in [-0.4, -0.2) is 28.7 Å². The molecule has 0 radical (unpaired) electrons. The van der Waals surface area contributed by atoms with E-state index in [-0.39, 0.29) is 24.8 Å². The Morgan fingerprint density at radius 2 is 2.17 bits per heavy atom. The molecule has 1 aromatic carbocycles. The third kappa shape index (κ3) is 2.76. The molecule has 18 heavy (non-hydrogen) atoms. The molecule has 2 aromatic rings. The summed E-state index contributed by atoms with van der Waals surface area (Å²) in [7, 11) is 0. The van der Waals surface area contributed by atoms with Gasteiger partial charge in [-0.3, -0.25) is 9.67 Å². The molecule has 0 atom stereocenters. The van der Waals surface area contributed by atoms with Gasteiger partial charge in [-0.05, 0) is 19.1 Å². The second-order valence-corrected chi connectivity index (χ2v) is 4.12. The number of rotatable bonds is 2. The van der Waals surface area contributed by atoms with Gasteiger partial charge in [0.05, 0.1) is 24.8 Å². The zero-order chi connectivity index (χ0) is 11.0. The maximum absolute atomic E-state index is 4.40. The van der Waals surface area contributed by atoms with Gasteiger partial charge in [0.2, 0.25) is 0 Å². The molecule has 0 unspecified atom stereocenters. The van der Waals surface area contributed by atoms with Crippen LogP contribution in [0, 0.1) is 6.92 Å². The van der Waals surface area contributed by atoms with Crippen molar-refractivity contribution in [2.75, 3.05) is 13.1 Å². The number of nitrogens with zero attached hydrogens (tertiary/aromatic N) is 3. The number of halogens is 2. The first-order chi connectivity index (χ1) is 7.83. The van der Waals surface area contributed by atoms with Gasteiger partial charge in [0, 0.05) is 11.9 Å². The number of amidine groups is 1. The Labute approximate surface area is 118 Å². The molecule has 4 nitrogen and oxygen atoms in total. The van der Waals surface area contributed by atoms with E-state index in [0.717, 1.165) is 25.5 Å². The minimum absolute atomic E-state index is 0. The summed E-state index contributed by atoms with van der Waals surface area (Å²) in [5.41, 5.74) is 2.44. The predicted octanol–water partition coefficient (Wildman–Crippen LogP) is 2.19. The molecule has 1 N–H and O–H groups in total. The fourth-order valence-electron chi connectivity index (χ4n) is 2.03. The van der Waals surface area contributed by atoms with E-state index in [1.54, 1.807) is 0 Å². The Morgan fingerprint density at radius 1 is 1.33 bits per heavy atom. The molecule has 0 bridgehead atoms. The molecule has 0 aliphatic carbocycles. The van der Waals surface area contributed by atoms with Gasteiger partial charge >= 0.3 is 0 Å². The summed E-state index contributed by atoms with van der Waals surface area (Å²) < 4.78 is 1.99. The van der Waals surface area contributed by atoms with E-state index in [2.05, 4.69) is 40.5 Å². The zero-order valence-electron chi connectivity index (χ0n) is 10.1. The third-order valence-electron chi connectivity index (χ3n) is 2.84. The first kappa shape index (κ1) is 14.8. The van der Waals surface area contributed by atoms with Crippen LogP contribution in [0.15, 0.2) is 29.4 Å². The van der Waals surface area contributed by atoms with Crippen molar-refractivity contribution >= 4 is 41.6 Å². The summed E-state index contributed by atoms with van der Waals surface area (Å²) in [6.45, 7) is 4.67. The average molecular weight is 287 g/mol. The Bertz CT molecular complexity index is 562. The summed E-state index contributed by atoms with van der Waals surface area (Å²) in [4.78, 5) is 4.38. The van der Waals surface area contributed by atoms with Gasteiger partial charge < -0.3 is 5.32 Å². The molecule has 0 saturated heterocycles. The molecule has 1 aromatic heterocycles. The quantitative estimate of drug-likeness (QED) is 0.920. The number of fused-ring (bicyclic) bond motifs is 1. The lowest BCUT2D eigenvalue weighted by molar-refractivity contribution is 0.739. The molecule has 0 spiro atoms. The van der Waals surface area contributed by atoms with Crippen LogP contribution in [0.25, 0.3) is 10.9 Å². The molecule has 0 saturated carbocycles. The summed E-state index contributed by atoms with van der Waals surface area (Å²) in [5, 5.41) is 8.85. The van der Waals surface area contributed by atoms with E-state index < -0.39 is 0 Å². The van der Waals surface area contributed by atoms with Crippen molar-refractivity contribution in [1.82, 2.24) is 15.1 Å². The topological polar surface area (TPSA) is 42.2 Å². The average Bonchev–Trinajstić information content (AvgIpc) is 2.89. The summed E-state index contributed by atoms with van der Waals surface area (Å²) >= 11 is 0. The lowest BCUT2D eigenvalue weighted by Crippen LogP contribution is -2.24. The fraction of sp³-hybridized carbons (Fsp3) is 0.333. The number of hydrogen-bond donors (Lipinski definition) is 1. The minimum Gasteiger partial charge on any atom is -0.370 e. The molecule has 0 fully saturated rings. The molecular formula is C12H16Cl2N4. The minimum atomic E-state index is 0. The van der Waals surface area contributed by atoms with Gasteiger partial charge in [0.1, 0.15) is 5.84 Å². The van der Waals surface area contributed by atoms with E-state index in [0.29, 0.717) is 0 Å².